The maximum Gasteiger partial charge on any atom is 0.323 e. The van der Waals surface area contributed by atoms with Crippen molar-refractivity contribution in [2.45, 2.75) is 51.1 Å². The molecule has 1 aromatic rings. The molecule has 1 aromatic carbocycles. The van der Waals surface area contributed by atoms with Crippen LogP contribution >= 0.6 is 11.6 Å². The molecule has 0 aliphatic heterocycles. The van der Waals surface area contributed by atoms with E-state index >= 15 is 0 Å². The molecule has 0 saturated heterocycles. The van der Waals surface area contributed by atoms with Crippen LogP contribution in [0, 0.1) is 5.92 Å². The lowest BCUT2D eigenvalue weighted by Gasteiger charge is -2.39. The highest BCUT2D eigenvalue weighted by atomic mass is 35.5. The number of methoxy groups -OCH3 is 1. The highest BCUT2D eigenvalue weighted by Gasteiger charge is 2.35. The molecule has 1 aliphatic rings. The zero-order chi connectivity index (χ0) is 15.4. The van der Waals surface area contributed by atoms with Crippen molar-refractivity contribution in [1.82, 2.24) is 5.32 Å². The van der Waals surface area contributed by atoms with Crippen LogP contribution in [0.1, 0.15) is 44.6 Å². The van der Waals surface area contributed by atoms with E-state index in [0.29, 0.717) is 12.0 Å². The number of benzene rings is 1. The number of carbonyl (C=O) groups is 1. The van der Waals surface area contributed by atoms with Gasteiger partial charge in [0.15, 0.2) is 0 Å². The van der Waals surface area contributed by atoms with Gasteiger partial charge < -0.3 is 10.1 Å². The molecular formula is C17H24ClNO2. The first-order chi connectivity index (χ1) is 10.1. The van der Waals surface area contributed by atoms with Crippen LogP contribution in [0.15, 0.2) is 24.3 Å². The molecule has 2 unspecified atom stereocenters. The highest BCUT2D eigenvalue weighted by Crippen LogP contribution is 2.40. The van der Waals surface area contributed by atoms with Gasteiger partial charge in [-0.05, 0) is 36.3 Å². The second-order valence-corrected chi connectivity index (χ2v) is 6.35. The van der Waals surface area contributed by atoms with Gasteiger partial charge in [0, 0.05) is 11.1 Å². The lowest BCUT2D eigenvalue weighted by molar-refractivity contribution is -0.145. The first-order valence-electron chi connectivity index (χ1n) is 7.65. The first-order valence-corrected chi connectivity index (χ1v) is 8.02. The van der Waals surface area contributed by atoms with Gasteiger partial charge in [0.2, 0.25) is 0 Å². The maximum atomic E-state index is 11.9. The summed E-state index contributed by atoms with van der Waals surface area (Å²) in [7, 11) is 1.45. The highest BCUT2D eigenvalue weighted by molar-refractivity contribution is 6.31. The summed E-state index contributed by atoms with van der Waals surface area (Å²) in [5.74, 6) is 0.605. The fourth-order valence-corrected chi connectivity index (χ4v) is 3.19. The van der Waals surface area contributed by atoms with Crippen molar-refractivity contribution in [2.75, 3.05) is 7.11 Å². The zero-order valence-electron chi connectivity index (χ0n) is 12.9. The van der Waals surface area contributed by atoms with E-state index in [1.807, 2.05) is 18.2 Å². The van der Waals surface area contributed by atoms with Gasteiger partial charge >= 0.3 is 5.97 Å². The Labute approximate surface area is 132 Å². The summed E-state index contributed by atoms with van der Waals surface area (Å²) in [6, 6.07) is 8.17. The van der Waals surface area contributed by atoms with E-state index in [1.165, 1.54) is 12.7 Å². The van der Waals surface area contributed by atoms with Gasteiger partial charge in [-0.25, -0.2) is 0 Å². The molecule has 2 rings (SSSR count). The van der Waals surface area contributed by atoms with Crippen molar-refractivity contribution in [3.8, 4) is 0 Å². The number of halogens is 1. The topological polar surface area (TPSA) is 38.3 Å². The molecule has 1 saturated carbocycles. The fraction of sp³-hybridized carbons (Fsp3) is 0.588. The van der Waals surface area contributed by atoms with Gasteiger partial charge in [0.1, 0.15) is 6.04 Å². The first kappa shape index (κ1) is 16.3. The number of carbonyl (C=O) groups excluding carboxylic acids is 1. The SMILES string of the molecule is CCC(C)C(NC1CC(c2ccccc2Cl)C1)C(=O)OC. The number of ether oxygens (including phenoxy) is 1. The third kappa shape index (κ3) is 3.78. The molecule has 0 amide bonds. The van der Waals surface area contributed by atoms with E-state index in [-0.39, 0.29) is 17.9 Å². The Kier molecular flexibility index (Phi) is 5.65. The van der Waals surface area contributed by atoms with E-state index < -0.39 is 0 Å². The summed E-state index contributed by atoms with van der Waals surface area (Å²) in [4.78, 5) is 11.9. The van der Waals surface area contributed by atoms with Crippen molar-refractivity contribution in [1.29, 1.82) is 0 Å². The Morgan fingerprint density at radius 3 is 2.67 bits per heavy atom. The Balaban J connectivity index is 1.91. The average Bonchev–Trinajstić information content (AvgIpc) is 2.46. The molecule has 1 fully saturated rings. The molecular weight excluding hydrogens is 286 g/mol. The number of hydrogen-bond donors (Lipinski definition) is 1. The van der Waals surface area contributed by atoms with Crippen LogP contribution in [0.25, 0.3) is 0 Å². The van der Waals surface area contributed by atoms with Gasteiger partial charge in [-0.1, -0.05) is 50.1 Å². The molecule has 21 heavy (non-hydrogen) atoms. The minimum atomic E-state index is -0.211. The maximum absolute atomic E-state index is 11.9. The summed E-state index contributed by atoms with van der Waals surface area (Å²) >= 11 is 6.24. The van der Waals surface area contributed by atoms with E-state index in [2.05, 4.69) is 25.2 Å². The molecule has 0 bridgehead atoms. The summed E-state index contributed by atoms with van der Waals surface area (Å²) in [6.45, 7) is 4.18. The van der Waals surface area contributed by atoms with Crippen LogP contribution in [0.3, 0.4) is 0 Å². The van der Waals surface area contributed by atoms with E-state index in [4.69, 9.17) is 16.3 Å². The summed E-state index contributed by atoms with van der Waals surface area (Å²) in [6.07, 6.45) is 2.99. The van der Waals surface area contributed by atoms with E-state index in [0.717, 1.165) is 24.3 Å². The van der Waals surface area contributed by atoms with Gasteiger partial charge in [0.25, 0.3) is 0 Å². The van der Waals surface area contributed by atoms with Gasteiger partial charge in [0.05, 0.1) is 7.11 Å². The monoisotopic (exact) mass is 309 g/mol. The zero-order valence-corrected chi connectivity index (χ0v) is 13.7. The van der Waals surface area contributed by atoms with Crippen LogP contribution in [0.2, 0.25) is 5.02 Å². The van der Waals surface area contributed by atoms with Crippen LogP contribution in [0.5, 0.6) is 0 Å². The summed E-state index contributed by atoms with van der Waals surface area (Å²) in [5, 5.41) is 4.30. The lowest BCUT2D eigenvalue weighted by atomic mass is 9.75. The number of esters is 1. The summed E-state index contributed by atoms with van der Waals surface area (Å²) < 4.78 is 4.91. The van der Waals surface area contributed by atoms with E-state index in [9.17, 15) is 4.79 Å². The Bertz CT molecular complexity index is 485. The molecule has 116 valence electrons. The van der Waals surface area contributed by atoms with Gasteiger partial charge in [-0.3, -0.25) is 4.79 Å². The minimum Gasteiger partial charge on any atom is -0.468 e. The van der Waals surface area contributed by atoms with Gasteiger partial charge in [-0.15, -0.1) is 0 Å². The lowest BCUT2D eigenvalue weighted by Crippen LogP contribution is -2.51. The molecule has 0 spiro atoms. The minimum absolute atomic E-state index is 0.162. The number of nitrogens with one attached hydrogen (secondary N) is 1. The molecule has 0 heterocycles. The van der Waals surface area contributed by atoms with Crippen molar-refractivity contribution in [3.63, 3.8) is 0 Å². The molecule has 0 aromatic heterocycles. The van der Waals surface area contributed by atoms with Crippen molar-refractivity contribution < 1.29 is 9.53 Å². The molecule has 1 N–H and O–H groups in total. The summed E-state index contributed by atoms with van der Waals surface area (Å²) in [5.41, 5.74) is 1.22. The molecule has 2 atom stereocenters. The molecule has 4 heteroatoms. The second-order valence-electron chi connectivity index (χ2n) is 5.94. The smallest absolute Gasteiger partial charge is 0.323 e. The Morgan fingerprint density at radius 1 is 1.43 bits per heavy atom. The van der Waals surface area contributed by atoms with Crippen LogP contribution in [0.4, 0.5) is 0 Å². The fourth-order valence-electron chi connectivity index (χ4n) is 2.90. The van der Waals surface area contributed by atoms with Crippen LogP contribution in [-0.2, 0) is 9.53 Å². The number of hydrogen-bond acceptors (Lipinski definition) is 3. The normalized spacial score (nSPS) is 24.0. The van der Waals surface area contributed by atoms with Crippen molar-refractivity contribution >= 4 is 17.6 Å². The molecule has 0 radical (unpaired) electrons. The average molecular weight is 310 g/mol. The largest absolute Gasteiger partial charge is 0.468 e. The van der Waals surface area contributed by atoms with Crippen LogP contribution < -0.4 is 5.32 Å². The predicted octanol–water partition coefficient (Wildman–Crippen LogP) is 3.76. The Hall–Kier alpha value is -1.06. The van der Waals surface area contributed by atoms with E-state index in [1.54, 1.807) is 0 Å². The van der Waals surface area contributed by atoms with Crippen LogP contribution in [-0.4, -0.2) is 25.2 Å². The molecule has 3 nitrogen and oxygen atoms in total. The van der Waals surface area contributed by atoms with Crippen molar-refractivity contribution in [3.05, 3.63) is 34.9 Å². The third-order valence-electron chi connectivity index (χ3n) is 4.57. The van der Waals surface area contributed by atoms with Gasteiger partial charge in [-0.2, -0.15) is 0 Å². The number of rotatable bonds is 6. The van der Waals surface area contributed by atoms with Crippen molar-refractivity contribution in [2.24, 2.45) is 5.92 Å². The standard InChI is InChI=1S/C17H24ClNO2/c1-4-11(2)16(17(20)21-3)19-13-9-12(10-13)14-7-5-6-8-15(14)18/h5-8,11-13,16,19H,4,9-10H2,1-3H3. The molecule has 1 aliphatic carbocycles. The third-order valence-corrected chi connectivity index (χ3v) is 4.91. The Morgan fingerprint density at radius 2 is 2.10 bits per heavy atom. The quantitative estimate of drug-likeness (QED) is 0.813. The predicted molar refractivity (Wildman–Crippen MR) is 85.6 cm³/mol. The second kappa shape index (κ2) is 7.28.